The van der Waals surface area contributed by atoms with Crippen LogP contribution in [0.25, 0.3) is 0 Å². The number of pyridine rings is 1. The van der Waals surface area contributed by atoms with Gasteiger partial charge >= 0.3 is 0 Å². The highest BCUT2D eigenvalue weighted by Crippen LogP contribution is 2.24. The highest BCUT2D eigenvalue weighted by Gasteiger charge is 2.30. The van der Waals surface area contributed by atoms with Crippen LogP contribution in [0.4, 0.5) is 5.82 Å². The zero-order valence-electron chi connectivity index (χ0n) is 15.0. The van der Waals surface area contributed by atoms with E-state index < -0.39 is 9.84 Å². The lowest BCUT2D eigenvalue weighted by atomic mass is 10.2. The summed E-state index contributed by atoms with van der Waals surface area (Å²) < 4.78 is 23.0. The molecule has 0 radical (unpaired) electrons. The second kappa shape index (κ2) is 7.15. The molecule has 4 rings (SSSR count). The van der Waals surface area contributed by atoms with Crippen LogP contribution in [0, 0.1) is 0 Å². The molecule has 4 heterocycles. The van der Waals surface area contributed by atoms with E-state index in [2.05, 4.69) is 14.8 Å². The van der Waals surface area contributed by atoms with Gasteiger partial charge in [-0.05, 0) is 44.5 Å². The molecular formula is C18H26N4O3S. The molecule has 0 spiro atoms. The molecule has 8 heteroatoms. The Morgan fingerprint density at radius 3 is 2.42 bits per heavy atom. The van der Waals surface area contributed by atoms with Gasteiger partial charge in [-0.1, -0.05) is 0 Å². The van der Waals surface area contributed by atoms with Crippen molar-refractivity contribution in [3.8, 4) is 0 Å². The molecule has 0 bridgehead atoms. The molecule has 1 unspecified atom stereocenters. The van der Waals surface area contributed by atoms with Gasteiger partial charge in [0, 0.05) is 38.4 Å². The average Bonchev–Trinajstić information content (AvgIpc) is 3.33. The predicted octanol–water partition coefficient (Wildman–Crippen LogP) is 0.627. The summed E-state index contributed by atoms with van der Waals surface area (Å²) in [6, 6.07) is 4.35. The molecule has 1 aromatic heterocycles. The van der Waals surface area contributed by atoms with Crippen molar-refractivity contribution in [2.45, 2.75) is 25.3 Å². The first kappa shape index (κ1) is 17.7. The number of carbonyl (C=O) groups is 1. The minimum atomic E-state index is -2.98. The van der Waals surface area contributed by atoms with E-state index in [9.17, 15) is 13.2 Å². The number of nitrogens with zero attached hydrogens (tertiary/aromatic N) is 4. The number of rotatable bonds is 3. The van der Waals surface area contributed by atoms with Gasteiger partial charge in [-0.25, -0.2) is 13.4 Å². The van der Waals surface area contributed by atoms with Crippen molar-refractivity contribution in [2.24, 2.45) is 0 Å². The van der Waals surface area contributed by atoms with Crippen molar-refractivity contribution < 1.29 is 13.2 Å². The first-order valence-electron chi connectivity index (χ1n) is 9.47. The molecule has 3 fully saturated rings. The lowest BCUT2D eigenvalue weighted by Gasteiger charge is -2.27. The molecular weight excluding hydrogens is 352 g/mol. The number of hydrogen-bond donors (Lipinski definition) is 0. The summed E-state index contributed by atoms with van der Waals surface area (Å²) in [5.41, 5.74) is 0.531. The third kappa shape index (κ3) is 3.71. The summed E-state index contributed by atoms with van der Waals surface area (Å²) in [6.07, 6.45) is 5.42. The summed E-state index contributed by atoms with van der Waals surface area (Å²) in [4.78, 5) is 23.5. The minimum Gasteiger partial charge on any atom is -0.355 e. The van der Waals surface area contributed by atoms with Crippen molar-refractivity contribution in [2.75, 3.05) is 55.7 Å². The van der Waals surface area contributed by atoms with Crippen LogP contribution in [0.1, 0.15) is 29.6 Å². The van der Waals surface area contributed by atoms with Crippen LogP contribution in [-0.4, -0.2) is 85.9 Å². The smallest absolute Gasteiger partial charge is 0.255 e. The van der Waals surface area contributed by atoms with Gasteiger partial charge in [0.05, 0.1) is 17.1 Å². The second-order valence-corrected chi connectivity index (χ2v) is 9.78. The number of amides is 1. The maximum absolute atomic E-state index is 12.5. The van der Waals surface area contributed by atoms with E-state index in [4.69, 9.17) is 0 Å². The molecule has 1 aromatic rings. The Kier molecular flexibility index (Phi) is 4.88. The van der Waals surface area contributed by atoms with E-state index in [1.54, 1.807) is 11.1 Å². The first-order valence-corrected chi connectivity index (χ1v) is 11.3. The Morgan fingerprint density at radius 2 is 1.77 bits per heavy atom. The first-order chi connectivity index (χ1) is 12.5. The number of carbonyl (C=O) groups excluding carboxylic acids is 1. The van der Waals surface area contributed by atoms with Gasteiger partial charge in [-0.3, -0.25) is 9.69 Å². The predicted molar refractivity (Wildman–Crippen MR) is 100 cm³/mol. The van der Waals surface area contributed by atoms with Crippen LogP contribution in [0.3, 0.4) is 0 Å². The molecule has 3 aliphatic heterocycles. The molecule has 3 saturated heterocycles. The number of sulfone groups is 1. The molecule has 0 saturated carbocycles. The summed E-state index contributed by atoms with van der Waals surface area (Å²) in [7, 11) is -2.98. The summed E-state index contributed by atoms with van der Waals surface area (Å²) in [5.74, 6) is 0.894. The number of likely N-dealkylation sites (tertiary alicyclic amines) is 1. The lowest BCUT2D eigenvalue weighted by Crippen LogP contribution is -2.43. The molecule has 1 amide bonds. The SMILES string of the molecule is O=C(c1ccc(N2CCC(N3CCCC3)C2)nc1)N1CCS(=O)(=O)CC1. The zero-order chi connectivity index (χ0) is 18.1. The Morgan fingerprint density at radius 1 is 1.04 bits per heavy atom. The monoisotopic (exact) mass is 378 g/mol. The van der Waals surface area contributed by atoms with Crippen LogP contribution < -0.4 is 4.90 Å². The Bertz CT molecular complexity index is 745. The van der Waals surface area contributed by atoms with Crippen LogP contribution in [-0.2, 0) is 9.84 Å². The van der Waals surface area contributed by atoms with Gasteiger partial charge < -0.3 is 9.80 Å². The number of hydrogen-bond acceptors (Lipinski definition) is 6. The zero-order valence-corrected chi connectivity index (χ0v) is 15.8. The van der Waals surface area contributed by atoms with Crippen LogP contribution in [0.5, 0.6) is 0 Å². The largest absolute Gasteiger partial charge is 0.355 e. The summed E-state index contributed by atoms with van der Waals surface area (Å²) in [5, 5.41) is 0. The van der Waals surface area contributed by atoms with Crippen LogP contribution in [0.15, 0.2) is 18.3 Å². The van der Waals surface area contributed by atoms with Crippen LogP contribution in [0.2, 0.25) is 0 Å². The highest BCUT2D eigenvalue weighted by molar-refractivity contribution is 7.91. The van der Waals surface area contributed by atoms with E-state index in [1.807, 2.05) is 12.1 Å². The van der Waals surface area contributed by atoms with Gasteiger partial charge in [-0.15, -0.1) is 0 Å². The van der Waals surface area contributed by atoms with Gasteiger partial charge in [0.1, 0.15) is 5.82 Å². The average molecular weight is 378 g/mol. The molecule has 1 atom stereocenters. The maximum Gasteiger partial charge on any atom is 0.255 e. The van der Waals surface area contributed by atoms with Gasteiger partial charge in [0.15, 0.2) is 9.84 Å². The number of aromatic nitrogens is 1. The van der Waals surface area contributed by atoms with Crippen molar-refractivity contribution >= 4 is 21.6 Å². The minimum absolute atomic E-state index is 0.0515. The van der Waals surface area contributed by atoms with E-state index >= 15 is 0 Å². The maximum atomic E-state index is 12.5. The fourth-order valence-electron chi connectivity index (χ4n) is 4.15. The van der Waals surface area contributed by atoms with E-state index in [0.717, 1.165) is 18.9 Å². The molecule has 0 aromatic carbocycles. The lowest BCUT2D eigenvalue weighted by molar-refractivity contribution is 0.0770. The van der Waals surface area contributed by atoms with Gasteiger partial charge in [0.2, 0.25) is 0 Å². The van der Waals surface area contributed by atoms with Crippen LogP contribution >= 0.6 is 0 Å². The van der Waals surface area contributed by atoms with Crippen molar-refractivity contribution in [1.82, 2.24) is 14.8 Å². The van der Waals surface area contributed by atoms with Crippen molar-refractivity contribution in [3.05, 3.63) is 23.9 Å². The van der Waals surface area contributed by atoms with E-state index in [0.29, 0.717) is 11.6 Å². The topological polar surface area (TPSA) is 73.8 Å². The quantitative estimate of drug-likeness (QED) is 0.768. The fourth-order valence-corrected chi connectivity index (χ4v) is 5.35. The Balaban J connectivity index is 1.37. The summed E-state index contributed by atoms with van der Waals surface area (Å²) in [6.45, 7) is 4.98. The second-order valence-electron chi connectivity index (χ2n) is 7.48. The fraction of sp³-hybridized carbons (Fsp3) is 0.667. The standard InChI is InChI=1S/C18H26N4O3S/c23-18(21-9-11-26(24,25)12-10-21)15-3-4-17(19-13-15)22-8-5-16(14-22)20-6-1-2-7-20/h3-4,13,16H,1-2,5-12,14H2. The van der Waals surface area contributed by atoms with E-state index in [1.165, 1.54) is 32.4 Å². The van der Waals surface area contributed by atoms with E-state index in [-0.39, 0.29) is 30.5 Å². The Labute approximate surface area is 154 Å². The third-order valence-corrected chi connectivity index (χ3v) is 7.38. The number of anilines is 1. The molecule has 26 heavy (non-hydrogen) atoms. The Hall–Kier alpha value is -1.67. The molecule has 0 N–H and O–H groups in total. The van der Waals surface area contributed by atoms with Crippen molar-refractivity contribution in [3.63, 3.8) is 0 Å². The molecule has 0 aliphatic carbocycles. The normalized spacial score (nSPS) is 26.4. The molecule has 3 aliphatic rings. The molecule has 142 valence electrons. The highest BCUT2D eigenvalue weighted by atomic mass is 32.2. The van der Waals surface area contributed by atoms with Gasteiger partial charge in [0.25, 0.3) is 5.91 Å². The van der Waals surface area contributed by atoms with Gasteiger partial charge in [-0.2, -0.15) is 0 Å². The third-order valence-electron chi connectivity index (χ3n) is 5.77. The summed E-state index contributed by atoms with van der Waals surface area (Å²) >= 11 is 0. The molecule has 7 nitrogen and oxygen atoms in total. The van der Waals surface area contributed by atoms with Crippen molar-refractivity contribution in [1.29, 1.82) is 0 Å².